The highest BCUT2D eigenvalue weighted by molar-refractivity contribution is 5.56. The van der Waals surface area contributed by atoms with Crippen LogP contribution in [0, 0.1) is 0 Å². The summed E-state index contributed by atoms with van der Waals surface area (Å²) in [6.45, 7) is 0. The van der Waals surface area contributed by atoms with Gasteiger partial charge in [-0.25, -0.2) is 4.98 Å². The molecule has 0 saturated heterocycles. The third-order valence-corrected chi connectivity index (χ3v) is 2.58. The highest BCUT2D eigenvalue weighted by atomic mass is 19.4. The summed E-state index contributed by atoms with van der Waals surface area (Å²) in [5.41, 5.74) is -0.447. The number of benzene rings is 1. The fourth-order valence-corrected chi connectivity index (χ4v) is 1.61. The van der Waals surface area contributed by atoms with Crippen LogP contribution < -0.4 is 14.8 Å². The lowest BCUT2D eigenvalue weighted by Gasteiger charge is -2.12. The van der Waals surface area contributed by atoms with Gasteiger partial charge in [-0.05, 0) is 12.1 Å². The van der Waals surface area contributed by atoms with Crippen LogP contribution in [0.15, 0.2) is 30.5 Å². The van der Waals surface area contributed by atoms with Crippen molar-refractivity contribution in [1.29, 1.82) is 0 Å². The summed E-state index contributed by atoms with van der Waals surface area (Å²) in [6, 6.07) is 6.82. The number of nitrogens with one attached hydrogen (secondary N) is 1. The van der Waals surface area contributed by atoms with Crippen molar-refractivity contribution in [3.05, 3.63) is 36.0 Å². The molecule has 1 aromatic heterocycles. The largest absolute Gasteiger partial charge is 0.497 e. The van der Waals surface area contributed by atoms with Crippen LogP contribution >= 0.6 is 0 Å². The molecule has 2 aromatic rings. The second-order valence-corrected chi connectivity index (χ2v) is 3.97. The van der Waals surface area contributed by atoms with Gasteiger partial charge in [-0.3, -0.25) is 0 Å². The lowest BCUT2D eigenvalue weighted by atomic mass is 10.3. The quantitative estimate of drug-likeness (QED) is 0.939. The molecule has 0 radical (unpaired) electrons. The molecule has 2 rings (SSSR count). The van der Waals surface area contributed by atoms with Gasteiger partial charge in [-0.1, -0.05) is 6.07 Å². The Morgan fingerprint density at radius 2 is 1.90 bits per heavy atom. The number of hydrogen-bond acceptors (Lipinski definition) is 5. The topological polar surface area (TPSA) is 56.3 Å². The molecule has 0 amide bonds. The van der Waals surface area contributed by atoms with Crippen molar-refractivity contribution >= 4 is 11.6 Å². The second-order valence-electron chi connectivity index (χ2n) is 3.97. The maximum absolute atomic E-state index is 12.7. The summed E-state index contributed by atoms with van der Waals surface area (Å²) >= 11 is 0. The van der Waals surface area contributed by atoms with Gasteiger partial charge >= 0.3 is 6.18 Å². The van der Waals surface area contributed by atoms with E-state index in [4.69, 9.17) is 4.74 Å². The third kappa shape index (κ3) is 3.53. The Morgan fingerprint density at radius 1 is 1.14 bits per heavy atom. The van der Waals surface area contributed by atoms with Crippen LogP contribution in [0.4, 0.5) is 24.8 Å². The van der Waals surface area contributed by atoms with Crippen LogP contribution in [0.5, 0.6) is 11.6 Å². The van der Waals surface area contributed by atoms with Crippen LogP contribution in [-0.4, -0.2) is 24.2 Å². The monoisotopic (exact) mass is 299 g/mol. The number of rotatable bonds is 4. The maximum atomic E-state index is 12.7. The molecular formula is C13H12F3N3O2. The van der Waals surface area contributed by atoms with E-state index in [9.17, 15) is 13.2 Å². The Kier molecular flexibility index (Phi) is 4.15. The first-order chi connectivity index (χ1) is 9.94. The second kappa shape index (κ2) is 5.86. The molecule has 0 atom stereocenters. The van der Waals surface area contributed by atoms with Crippen molar-refractivity contribution in [3.8, 4) is 11.6 Å². The molecule has 0 aliphatic carbocycles. The van der Waals surface area contributed by atoms with Gasteiger partial charge in [-0.2, -0.15) is 18.2 Å². The molecule has 0 aliphatic rings. The molecule has 0 fully saturated rings. The van der Waals surface area contributed by atoms with Crippen molar-refractivity contribution < 1.29 is 22.6 Å². The summed E-state index contributed by atoms with van der Waals surface area (Å²) in [4.78, 5) is 7.34. The predicted molar refractivity (Wildman–Crippen MR) is 69.9 cm³/mol. The van der Waals surface area contributed by atoms with Gasteiger partial charge < -0.3 is 14.8 Å². The lowest BCUT2D eigenvalue weighted by Crippen LogP contribution is -2.11. The molecule has 0 spiro atoms. The molecule has 0 bridgehead atoms. The van der Waals surface area contributed by atoms with E-state index in [1.165, 1.54) is 7.11 Å². The van der Waals surface area contributed by atoms with Crippen molar-refractivity contribution in [2.75, 3.05) is 19.5 Å². The fraction of sp³-hybridized carbons (Fsp3) is 0.231. The minimum Gasteiger partial charge on any atom is -0.497 e. The van der Waals surface area contributed by atoms with Crippen molar-refractivity contribution in [3.63, 3.8) is 0 Å². The summed E-state index contributed by atoms with van der Waals surface area (Å²) in [6.07, 6.45) is -3.89. The summed E-state index contributed by atoms with van der Waals surface area (Å²) in [7, 11) is 2.63. The van der Waals surface area contributed by atoms with Crippen LogP contribution in [0.3, 0.4) is 0 Å². The van der Waals surface area contributed by atoms with Crippen LogP contribution in [0.1, 0.15) is 5.56 Å². The van der Waals surface area contributed by atoms with E-state index in [1.54, 1.807) is 24.3 Å². The van der Waals surface area contributed by atoms with E-state index in [0.29, 0.717) is 17.6 Å². The Labute approximate surface area is 118 Å². The van der Waals surface area contributed by atoms with Gasteiger partial charge in [0.25, 0.3) is 0 Å². The smallest absolute Gasteiger partial charge is 0.423 e. The van der Waals surface area contributed by atoms with Crippen LogP contribution in [-0.2, 0) is 6.18 Å². The van der Waals surface area contributed by atoms with Gasteiger partial charge in [0.15, 0.2) is 0 Å². The Hall–Kier alpha value is -2.51. The Bertz CT molecular complexity index is 632. The highest BCUT2D eigenvalue weighted by Gasteiger charge is 2.36. The molecule has 0 aliphatic heterocycles. The van der Waals surface area contributed by atoms with Crippen molar-refractivity contribution in [2.45, 2.75) is 6.18 Å². The van der Waals surface area contributed by atoms with E-state index < -0.39 is 17.6 Å². The number of halogens is 3. The molecule has 1 N–H and O–H groups in total. The zero-order valence-corrected chi connectivity index (χ0v) is 11.2. The third-order valence-electron chi connectivity index (χ3n) is 2.58. The molecule has 1 heterocycles. The predicted octanol–water partition coefficient (Wildman–Crippen LogP) is 3.26. The van der Waals surface area contributed by atoms with E-state index in [2.05, 4.69) is 20.0 Å². The minimum absolute atomic E-state index is 0.00639. The lowest BCUT2D eigenvalue weighted by molar-refractivity contribution is -0.139. The van der Waals surface area contributed by atoms with Gasteiger partial charge in [0.1, 0.15) is 11.3 Å². The number of hydrogen-bond donors (Lipinski definition) is 1. The first-order valence-electron chi connectivity index (χ1n) is 5.83. The molecule has 8 heteroatoms. The zero-order chi connectivity index (χ0) is 15.5. The number of alkyl halides is 3. The molecule has 21 heavy (non-hydrogen) atoms. The minimum atomic E-state index is -4.57. The summed E-state index contributed by atoms with van der Waals surface area (Å²) in [5, 5.41) is 2.78. The average molecular weight is 299 g/mol. The van der Waals surface area contributed by atoms with Gasteiger partial charge in [0, 0.05) is 18.0 Å². The van der Waals surface area contributed by atoms with Crippen molar-refractivity contribution in [2.24, 2.45) is 0 Å². The average Bonchev–Trinajstić information content (AvgIpc) is 2.46. The van der Waals surface area contributed by atoms with E-state index in [1.807, 2.05) is 0 Å². The number of ether oxygens (including phenoxy) is 2. The van der Waals surface area contributed by atoms with Crippen LogP contribution in [0.2, 0.25) is 0 Å². The van der Waals surface area contributed by atoms with E-state index in [-0.39, 0.29) is 5.95 Å². The normalized spacial score (nSPS) is 11.1. The van der Waals surface area contributed by atoms with Gasteiger partial charge in [0.05, 0.1) is 14.2 Å². The van der Waals surface area contributed by atoms with Gasteiger partial charge in [-0.15, -0.1) is 0 Å². The SMILES string of the molecule is COc1cccc(Nc2ncc(C(F)(F)F)c(OC)n2)c1. The van der Waals surface area contributed by atoms with Gasteiger partial charge in [0.2, 0.25) is 11.8 Å². The number of methoxy groups -OCH3 is 2. The van der Waals surface area contributed by atoms with E-state index in [0.717, 1.165) is 7.11 Å². The molecular weight excluding hydrogens is 287 g/mol. The first kappa shape index (κ1) is 14.9. The van der Waals surface area contributed by atoms with Crippen LogP contribution in [0.25, 0.3) is 0 Å². The highest BCUT2D eigenvalue weighted by Crippen LogP contribution is 2.35. The molecule has 112 valence electrons. The van der Waals surface area contributed by atoms with Crippen molar-refractivity contribution in [1.82, 2.24) is 9.97 Å². The fourth-order valence-electron chi connectivity index (χ4n) is 1.61. The number of anilines is 2. The first-order valence-corrected chi connectivity index (χ1v) is 5.83. The van der Waals surface area contributed by atoms with E-state index >= 15 is 0 Å². The number of nitrogens with zero attached hydrogens (tertiary/aromatic N) is 2. The molecule has 1 aromatic carbocycles. The summed E-state index contributed by atoms with van der Waals surface area (Å²) < 4.78 is 47.8. The molecule has 5 nitrogen and oxygen atoms in total. The molecule has 0 unspecified atom stereocenters. The maximum Gasteiger partial charge on any atom is 0.423 e. The zero-order valence-electron chi connectivity index (χ0n) is 11.2. The standard InChI is InChI=1S/C13H12F3N3O2/c1-20-9-5-3-4-8(6-9)18-12-17-7-10(13(14,15)16)11(19-12)21-2/h3-7H,1-2H3,(H,17,18,19). The summed E-state index contributed by atoms with van der Waals surface area (Å²) in [5.74, 6) is 0.0508. The number of aromatic nitrogens is 2. The molecule has 0 saturated carbocycles. The Morgan fingerprint density at radius 3 is 2.52 bits per heavy atom. The Balaban J connectivity index is 2.29.